The van der Waals surface area contributed by atoms with E-state index < -0.39 is 252 Å². The Kier molecular flexibility index (Phi) is 27.6. The van der Waals surface area contributed by atoms with E-state index in [1.807, 2.05) is 0 Å². The van der Waals surface area contributed by atoms with Crippen molar-refractivity contribution in [3.8, 4) is 0 Å². The second-order valence-electron chi connectivity index (χ2n) is 26.4. The summed E-state index contributed by atoms with van der Waals surface area (Å²) in [5, 5.41) is 186. The van der Waals surface area contributed by atoms with Gasteiger partial charge in [-0.1, -0.05) is 12.2 Å². The van der Waals surface area contributed by atoms with Crippen molar-refractivity contribution in [2.45, 2.75) is 266 Å². The first-order valence-electron chi connectivity index (χ1n) is 32.4. The van der Waals surface area contributed by atoms with Gasteiger partial charge in [0.1, 0.15) is 123 Å². The largest absolute Gasteiger partial charge is 0.460 e. The molecule has 9 rings (SSSR count). The Balaban J connectivity index is 0.862. The molecule has 5 saturated heterocycles. The average Bonchev–Trinajstić information content (AvgIpc) is 0.770. The normalized spacial score (nSPS) is 49.3. The number of esters is 2. The quantitative estimate of drug-likeness (QED) is 0.0334. The van der Waals surface area contributed by atoms with Crippen molar-refractivity contribution in [2.75, 3.05) is 54.9 Å². The van der Waals surface area contributed by atoms with E-state index in [1.54, 1.807) is 12.2 Å². The first-order valence-corrected chi connectivity index (χ1v) is 32.4. The van der Waals surface area contributed by atoms with Crippen molar-refractivity contribution in [2.24, 2.45) is 23.7 Å². The highest BCUT2D eigenvalue weighted by Crippen LogP contribution is 2.46. The van der Waals surface area contributed by atoms with Gasteiger partial charge in [-0.3, -0.25) is 0 Å². The second kappa shape index (κ2) is 34.3. The van der Waals surface area contributed by atoms with Crippen LogP contribution in [0.2, 0.25) is 0 Å². The summed E-state index contributed by atoms with van der Waals surface area (Å²) in [7, 11) is 5.79. The molecular weight excluding hydrogens is 1280 g/mol. The third-order valence-corrected chi connectivity index (χ3v) is 20.3. The average molecular weight is 1380 g/mol. The Hall–Kier alpha value is -2.78. The molecule has 5 heterocycles. The smallest absolute Gasteiger partial charge is 0.330 e. The van der Waals surface area contributed by atoms with Crippen molar-refractivity contribution in [3.05, 3.63) is 24.3 Å². The molecular formula is C61H98O34. The number of carbonyl (C=O) groups is 2. The van der Waals surface area contributed by atoms with Gasteiger partial charge in [0.2, 0.25) is 0 Å². The summed E-state index contributed by atoms with van der Waals surface area (Å²) in [6.07, 6.45) is -40.1. The minimum absolute atomic E-state index is 0.0149. The van der Waals surface area contributed by atoms with Gasteiger partial charge in [0.25, 0.3) is 0 Å². The maximum Gasteiger partial charge on any atom is 0.330 e. The van der Waals surface area contributed by atoms with Gasteiger partial charge in [-0.2, -0.15) is 0 Å². The number of aliphatic hydroxyl groups is 17. The topological polar surface area (TPSA) is 517 Å². The molecule has 9 fully saturated rings. The molecule has 4 saturated carbocycles. The van der Waals surface area contributed by atoms with Crippen LogP contribution in [-0.4, -0.2) is 356 Å². The number of allylic oxidation sites excluding steroid dienone is 2. The Morgan fingerprint density at radius 2 is 0.800 bits per heavy atom. The van der Waals surface area contributed by atoms with Gasteiger partial charge in [-0.05, 0) is 69.1 Å². The van der Waals surface area contributed by atoms with E-state index in [2.05, 4.69) is 0 Å². The molecule has 13 unspecified atom stereocenters. The molecule has 4 aliphatic carbocycles. The van der Waals surface area contributed by atoms with Crippen LogP contribution in [0.1, 0.15) is 64.2 Å². The minimum atomic E-state index is -2.00. The summed E-state index contributed by atoms with van der Waals surface area (Å²) >= 11 is 0. The number of hydrogen-bond acceptors (Lipinski definition) is 34. The SMILES string of the molecule is COC1CC(C=CC(=O)OC[C@H]2O[C@@H](OC[C@H]3O[C@@H](OC4CC5C(O)CC(O[C@@H]6O[C@H](COC(=O)C=CC7CC(OC)C(O)C(OC)C7)[C@@H](O)[C@H](O)[C@H]6O)CC5OC4C4CCC(O)C(O[C@@H]5O[C@H](CO)[C@@H](O)[C@H](O)[C@H]5O)C4)[C@H](O)[C@@H](O)[C@@H]3O)[C@H](O)[C@@H](O)[C@@H]2O)CC(OC)C1O. The zero-order chi connectivity index (χ0) is 68.9. The predicted molar refractivity (Wildman–Crippen MR) is 311 cm³/mol. The molecule has 34 nitrogen and oxygen atoms in total. The number of ether oxygens (including phenoxy) is 15. The minimum Gasteiger partial charge on any atom is -0.460 e. The van der Waals surface area contributed by atoms with Crippen LogP contribution in [0.5, 0.6) is 0 Å². The van der Waals surface area contributed by atoms with Crippen LogP contribution in [0.25, 0.3) is 0 Å². The lowest BCUT2D eigenvalue weighted by Crippen LogP contribution is -2.63. The lowest BCUT2D eigenvalue weighted by Gasteiger charge is -2.52. The van der Waals surface area contributed by atoms with Crippen molar-refractivity contribution in [1.82, 2.24) is 0 Å². The number of methoxy groups -OCH3 is 4. The highest BCUT2D eigenvalue weighted by molar-refractivity contribution is 5.82. The standard InChI is InChI=1S/C61H98O34/c1-81-32-11-23(12-33(82-2)43(32)67)5-9-41(65)85-20-38-46(70)50(74)53(77)58(93-38)87-22-40-48(72)52(76)56(80)61(95-40)91-36-18-27-29(64)16-26(17-30(27)89-57(36)25-7-8-28(63)31(15-25)90-60-55(79)49(73)45(69)37(19-62)92-60)88-59-54(78)51(75)47(71)39(94-59)21-86-42(66)10-6-24-13-34(83-3)44(68)35(14-24)84-4/h5-6,9-10,23-40,43-64,67-80H,7-8,11-22H2,1-4H3/t23?,24?,25?,26?,27?,28?,29?,30?,31?,32?,33?,34?,35?,36?,37-,38-,39-,40-,43?,44?,45-,46-,47-,48-,49+,50+,51+,52+,53-,54-,55-,56-,57?,58-,59-,60-,61-/m1/s1. The third kappa shape index (κ3) is 17.9. The molecule has 17 N–H and O–H groups in total. The molecule has 9 aliphatic rings. The third-order valence-electron chi connectivity index (χ3n) is 20.3. The van der Waals surface area contributed by atoms with Gasteiger partial charge in [0.05, 0.1) is 80.4 Å². The monoisotopic (exact) mass is 1370 g/mol. The lowest BCUT2D eigenvalue weighted by atomic mass is 9.72. The number of rotatable bonds is 23. The fraction of sp³-hybridized carbons (Fsp3) is 0.902. The molecule has 5 aliphatic heterocycles. The van der Waals surface area contributed by atoms with Crippen molar-refractivity contribution in [1.29, 1.82) is 0 Å². The molecule has 0 amide bonds. The summed E-state index contributed by atoms with van der Waals surface area (Å²) in [5.41, 5.74) is 0. The Bertz CT molecular complexity index is 2420. The zero-order valence-electron chi connectivity index (χ0n) is 53.1. The highest BCUT2D eigenvalue weighted by atomic mass is 16.8. The fourth-order valence-electron chi connectivity index (χ4n) is 14.6. The van der Waals surface area contributed by atoms with Crippen molar-refractivity contribution in [3.63, 3.8) is 0 Å². The van der Waals surface area contributed by atoms with Crippen LogP contribution in [-0.2, 0) is 80.6 Å². The van der Waals surface area contributed by atoms with E-state index in [1.165, 1.54) is 34.5 Å². The predicted octanol–water partition coefficient (Wildman–Crippen LogP) is -7.73. The van der Waals surface area contributed by atoms with E-state index in [-0.39, 0.29) is 50.4 Å². The molecule has 546 valence electrons. The van der Waals surface area contributed by atoms with Crippen LogP contribution in [0.3, 0.4) is 0 Å². The maximum atomic E-state index is 12.9. The van der Waals surface area contributed by atoms with Crippen LogP contribution in [0.4, 0.5) is 0 Å². The van der Waals surface area contributed by atoms with Gasteiger partial charge in [-0.25, -0.2) is 9.59 Å². The van der Waals surface area contributed by atoms with Crippen LogP contribution in [0, 0.1) is 23.7 Å². The van der Waals surface area contributed by atoms with E-state index in [9.17, 15) is 96.4 Å². The molecule has 0 radical (unpaired) electrons. The van der Waals surface area contributed by atoms with Gasteiger partial charge >= 0.3 is 11.9 Å². The second-order valence-corrected chi connectivity index (χ2v) is 26.4. The molecule has 0 bridgehead atoms. The number of aliphatic hydroxyl groups excluding tert-OH is 17. The lowest BCUT2D eigenvalue weighted by molar-refractivity contribution is -0.350. The van der Waals surface area contributed by atoms with Crippen LogP contribution >= 0.6 is 0 Å². The molecule has 34 heteroatoms. The summed E-state index contributed by atoms with van der Waals surface area (Å²) in [4.78, 5) is 25.8. The molecule has 0 aromatic heterocycles. The van der Waals surface area contributed by atoms with Gasteiger partial charge < -0.3 is 158 Å². The number of hydrogen-bond donors (Lipinski definition) is 17. The Labute approximate surface area is 547 Å². The molecule has 95 heavy (non-hydrogen) atoms. The summed E-state index contributed by atoms with van der Waals surface area (Å²) < 4.78 is 87.1. The highest BCUT2D eigenvalue weighted by Gasteiger charge is 2.56. The zero-order valence-corrected chi connectivity index (χ0v) is 53.1. The van der Waals surface area contributed by atoms with Crippen LogP contribution in [0.15, 0.2) is 24.3 Å². The van der Waals surface area contributed by atoms with Crippen molar-refractivity contribution >= 4 is 11.9 Å². The molecule has 0 aromatic rings. The van der Waals surface area contributed by atoms with E-state index in [0.717, 1.165) is 6.08 Å². The molecule has 0 spiro atoms. The first kappa shape index (κ1) is 76.4. The first-order chi connectivity index (χ1) is 45.3. The Morgan fingerprint density at radius 3 is 1.26 bits per heavy atom. The molecule has 0 aromatic carbocycles. The van der Waals surface area contributed by atoms with Gasteiger partial charge in [-0.15, -0.1) is 0 Å². The maximum absolute atomic E-state index is 12.9. The number of carbonyl (C=O) groups excluding carboxylic acids is 2. The fourth-order valence-corrected chi connectivity index (χ4v) is 14.6. The van der Waals surface area contributed by atoms with E-state index in [4.69, 9.17) is 71.1 Å². The summed E-state index contributed by atoms with van der Waals surface area (Å²) in [6.45, 7) is -2.75. The van der Waals surface area contributed by atoms with Gasteiger partial charge in [0, 0.05) is 59.4 Å². The van der Waals surface area contributed by atoms with Crippen molar-refractivity contribution < 1.29 is 167 Å². The molecule has 33 atom stereocenters. The Morgan fingerprint density at radius 1 is 0.389 bits per heavy atom. The van der Waals surface area contributed by atoms with E-state index >= 15 is 0 Å². The van der Waals surface area contributed by atoms with Crippen LogP contribution < -0.4 is 0 Å². The summed E-state index contributed by atoms with van der Waals surface area (Å²) in [5.74, 6) is -3.64. The summed E-state index contributed by atoms with van der Waals surface area (Å²) in [6, 6.07) is 0. The van der Waals surface area contributed by atoms with E-state index in [0.29, 0.717) is 25.7 Å². The number of fused-ring (bicyclic) bond motifs is 1. The van der Waals surface area contributed by atoms with Gasteiger partial charge in [0.15, 0.2) is 25.2 Å².